The molecule has 0 spiro atoms. The molecule has 0 radical (unpaired) electrons. The molecule has 26 heavy (non-hydrogen) atoms. The van der Waals surface area contributed by atoms with E-state index >= 15 is 0 Å². The van der Waals surface area contributed by atoms with E-state index in [1.54, 1.807) is 0 Å². The topological polar surface area (TPSA) is 84.7 Å². The lowest BCUT2D eigenvalue weighted by atomic mass is 10.1. The lowest BCUT2D eigenvalue weighted by Crippen LogP contribution is -2.39. The van der Waals surface area contributed by atoms with Gasteiger partial charge in [-0.3, -0.25) is 19.8 Å². The Hall–Kier alpha value is -2.93. The molecule has 7 heteroatoms. The van der Waals surface area contributed by atoms with Gasteiger partial charge in [-0.2, -0.15) is 0 Å². The lowest BCUT2D eigenvalue weighted by Gasteiger charge is -2.25. The first-order chi connectivity index (χ1) is 12.3. The fourth-order valence-electron chi connectivity index (χ4n) is 2.53. The van der Waals surface area contributed by atoms with E-state index in [9.17, 15) is 14.9 Å². The number of carbonyl (C=O) groups is 1. The molecule has 2 aromatic carbocycles. The molecule has 0 fully saturated rings. The van der Waals surface area contributed by atoms with Gasteiger partial charge >= 0.3 is 0 Å². The number of rotatable bonds is 7. The highest BCUT2D eigenvalue weighted by Crippen LogP contribution is 2.29. The number of nitrogens with zero attached hydrogens (tertiary/aromatic N) is 2. The maximum Gasteiger partial charge on any atom is 0.273 e. The Balaban J connectivity index is 2.09. The number of methoxy groups -OCH3 is 1. The Kier molecular flexibility index (Phi) is 6.30. The minimum atomic E-state index is -0.507. The van der Waals surface area contributed by atoms with Crippen molar-refractivity contribution in [1.29, 1.82) is 0 Å². The Labute approximate surface area is 152 Å². The molecule has 1 amide bonds. The molecule has 0 aliphatic carbocycles. The molecule has 0 bridgehead atoms. The predicted octanol–water partition coefficient (Wildman–Crippen LogP) is 3.37. The molecule has 0 aliphatic heterocycles. The molecule has 1 N–H and O–H groups in total. The van der Waals surface area contributed by atoms with Crippen LogP contribution in [0.5, 0.6) is 5.75 Å². The Morgan fingerprint density at radius 3 is 2.62 bits per heavy atom. The number of likely N-dealkylation sites (N-methyl/N-ethyl adjacent to an activating group) is 1. The van der Waals surface area contributed by atoms with Crippen molar-refractivity contribution < 1.29 is 14.5 Å². The number of anilines is 1. The summed E-state index contributed by atoms with van der Waals surface area (Å²) in [4.78, 5) is 24.9. The predicted molar refractivity (Wildman–Crippen MR) is 100 cm³/mol. The van der Waals surface area contributed by atoms with Gasteiger partial charge in [-0.05, 0) is 38.1 Å². The first-order valence-electron chi connectivity index (χ1n) is 8.21. The number of nitro benzene ring substituents is 1. The average molecular weight is 357 g/mol. The largest absolute Gasteiger partial charge is 0.494 e. The first kappa shape index (κ1) is 19.4. The summed E-state index contributed by atoms with van der Waals surface area (Å²) in [5.41, 5.74) is 2.63. The second kappa shape index (κ2) is 8.44. The van der Waals surface area contributed by atoms with Crippen LogP contribution < -0.4 is 10.1 Å². The summed E-state index contributed by atoms with van der Waals surface area (Å²) in [5.74, 6) is 0.0366. The van der Waals surface area contributed by atoms with Gasteiger partial charge in [-0.15, -0.1) is 0 Å². The molecule has 138 valence electrons. The molecule has 0 heterocycles. The van der Waals surface area contributed by atoms with Crippen molar-refractivity contribution in [1.82, 2.24) is 4.90 Å². The van der Waals surface area contributed by atoms with Crippen LogP contribution in [0, 0.1) is 17.0 Å². The third-order valence-electron chi connectivity index (χ3n) is 4.38. The number of nitrogens with one attached hydrogen (secondary N) is 1. The van der Waals surface area contributed by atoms with Gasteiger partial charge in [0.1, 0.15) is 5.75 Å². The molecule has 0 saturated heterocycles. The summed E-state index contributed by atoms with van der Waals surface area (Å²) in [5, 5.41) is 13.6. The number of aryl methyl sites for hydroxylation is 1. The summed E-state index contributed by atoms with van der Waals surface area (Å²) in [7, 11) is 3.28. The van der Waals surface area contributed by atoms with Crippen molar-refractivity contribution in [3.05, 3.63) is 63.7 Å². The number of non-ortho nitro benzene ring substituents is 1. The maximum absolute atomic E-state index is 12.6. The second-order valence-electron chi connectivity index (χ2n) is 6.15. The zero-order chi connectivity index (χ0) is 19.3. The molecule has 0 aromatic heterocycles. The van der Waals surface area contributed by atoms with Crippen LogP contribution in [-0.2, 0) is 11.3 Å². The Morgan fingerprint density at radius 2 is 2.00 bits per heavy atom. The molecule has 0 unspecified atom stereocenters. The van der Waals surface area contributed by atoms with Crippen LogP contribution >= 0.6 is 0 Å². The molecular formula is C19H23N3O4. The number of amides is 1. The van der Waals surface area contributed by atoms with E-state index in [2.05, 4.69) is 5.32 Å². The smallest absolute Gasteiger partial charge is 0.273 e. The van der Waals surface area contributed by atoms with Gasteiger partial charge in [0.15, 0.2) is 0 Å². The van der Waals surface area contributed by atoms with Crippen molar-refractivity contribution >= 4 is 17.3 Å². The van der Waals surface area contributed by atoms with Gasteiger partial charge < -0.3 is 10.1 Å². The summed E-state index contributed by atoms with van der Waals surface area (Å²) in [6.45, 7) is 4.49. The SMILES string of the molecule is COc1cc([N+](=O)[O-])ccc1NC(=O)[C@H](C)N(C)Cc1ccccc1C. The standard InChI is InChI=1S/C19H23N3O4/c1-13-7-5-6-8-15(13)12-21(3)14(2)19(23)20-17-10-9-16(22(24)25)11-18(17)26-4/h5-11,14H,12H2,1-4H3,(H,20,23)/t14-/m0/s1. The van der Waals surface area contributed by atoms with Crippen LogP contribution in [0.2, 0.25) is 0 Å². The maximum atomic E-state index is 12.6. The fraction of sp³-hybridized carbons (Fsp3) is 0.316. The van der Waals surface area contributed by atoms with Crippen LogP contribution in [0.4, 0.5) is 11.4 Å². The monoisotopic (exact) mass is 357 g/mol. The summed E-state index contributed by atoms with van der Waals surface area (Å²) >= 11 is 0. The third kappa shape index (κ3) is 4.58. The number of benzene rings is 2. The van der Waals surface area contributed by atoms with Gasteiger partial charge in [-0.25, -0.2) is 0 Å². The van der Waals surface area contributed by atoms with Crippen molar-refractivity contribution in [3.63, 3.8) is 0 Å². The lowest BCUT2D eigenvalue weighted by molar-refractivity contribution is -0.384. The fourth-order valence-corrected chi connectivity index (χ4v) is 2.53. The van der Waals surface area contributed by atoms with E-state index in [1.807, 2.05) is 50.1 Å². The third-order valence-corrected chi connectivity index (χ3v) is 4.38. The summed E-state index contributed by atoms with van der Waals surface area (Å²) in [6.07, 6.45) is 0. The van der Waals surface area contributed by atoms with Crippen molar-refractivity contribution in [2.45, 2.75) is 26.4 Å². The highest BCUT2D eigenvalue weighted by molar-refractivity contribution is 5.96. The normalized spacial score (nSPS) is 11.9. The van der Waals surface area contributed by atoms with Crippen LogP contribution in [0.3, 0.4) is 0 Å². The van der Waals surface area contributed by atoms with E-state index in [4.69, 9.17) is 4.74 Å². The molecule has 2 aromatic rings. The van der Waals surface area contributed by atoms with Gasteiger partial charge in [0, 0.05) is 12.6 Å². The van der Waals surface area contributed by atoms with E-state index in [0.717, 1.165) is 5.56 Å². The van der Waals surface area contributed by atoms with Crippen molar-refractivity contribution in [2.24, 2.45) is 0 Å². The number of hydrogen-bond donors (Lipinski definition) is 1. The first-order valence-corrected chi connectivity index (χ1v) is 8.21. The summed E-state index contributed by atoms with van der Waals surface area (Å²) < 4.78 is 5.16. The van der Waals surface area contributed by atoms with E-state index in [-0.39, 0.29) is 17.3 Å². The van der Waals surface area contributed by atoms with Gasteiger partial charge in [0.25, 0.3) is 5.69 Å². The van der Waals surface area contributed by atoms with Crippen LogP contribution in [0.25, 0.3) is 0 Å². The Bertz CT molecular complexity index is 807. The van der Waals surface area contributed by atoms with Crippen LogP contribution in [0.1, 0.15) is 18.1 Å². The van der Waals surface area contributed by atoms with Crippen LogP contribution in [-0.4, -0.2) is 35.9 Å². The zero-order valence-corrected chi connectivity index (χ0v) is 15.4. The Morgan fingerprint density at radius 1 is 1.31 bits per heavy atom. The second-order valence-corrected chi connectivity index (χ2v) is 6.15. The molecular weight excluding hydrogens is 334 g/mol. The number of hydrogen-bond acceptors (Lipinski definition) is 5. The van der Waals surface area contributed by atoms with Crippen molar-refractivity contribution in [2.75, 3.05) is 19.5 Å². The molecule has 7 nitrogen and oxygen atoms in total. The van der Waals surface area contributed by atoms with E-state index < -0.39 is 11.0 Å². The zero-order valence-electron chi connectivity index (χ0n) is 15.4. The van der Waals surface area contributed by atoms with Gasteiger partial charge in [0.05, 0.1) is 29.8 Å². The van der Waals surface area contributed by atoms with Gasteiger partial charge in [0.2, 0.25) is 5.91 Å². The van der Waals surface area contributed by atoms with Gasteiger partial charge in [-0.1, -0.05) is 24.3 Å². The number of ether oxygens (including phenoxy) is 1. The number of nitro groups is 1. The molecule has 0 saturated carbocycles. The summed E-state index contributed by atoms with van der Waals surface area (Å²) in [6, 6.07) is 11.7. The van der Waals surface area contributed by atoms with Crippen molar-refractivity contribution in [3.8, 4) is 5.75 Å². The average Bonchev–Trinajstić information content (AvgIpc) is 2.62. The minimum Gasteiger partial charge on any atom is -0.494 e. The minimum absolute atomic E-state index is 0.0930. The van der Waals surface area contributed by atoms with Crippen LogP contribution in [0.15, 0.2) is 42.5 Å². The highest BCUT2D eigenvalue weighted by Gasteiger charge is 2.21. The van der Waals surface area contributed by atoms with E-state index in [1.165, 1.54) is 30.9 Å². The highest BCUT2D eigenvalue weighted by atomic mass is 16.6. The quantitative estimate of drug-likeness (QED) is 0.607. The number of carbonyl (C=O) groups excluding carboxylic acids is 1. The molecule has 2 rings (SSSR count). The van der Waals surface area contributed by atoms with E-state index in [0.29, 0.717) is 12.2 Å². The molecule has 0 aliphatic rings. The molecule has 1 atom stereocenters.